The molecule has 1 unspecified atom stereocenters. The largest absolute Gasteiger partial charge is 0.505 e. The van der Waals surface area contributed by atoms with Gasteiger partial charge in [0.1, 0.15) is 5.75 Å². The average molecular weight is 483 g/mol. The van der Waals surface area contributed by atoms with Crippen molar-refractivity contribution in [3.05, 3.63) is 77.4 Å². The number of carbonyl (C=O) groups excluding carboxylic acids is 2. The van der Waals surface area contributed by atoms with Crippen LogP contribution in [-0.2, 0) is 9.59 Å². The summed E-state index contributed by atoms with van der Waals surface area (Å²) in [5.41, 5.74) is 8.89. The van der Waals surface area contributed by atoms with Crippen LogP contribution in [0, 0.1) is 13.8 Å². The summed E-state index contributed by atoms with van der Waals surface area (Å²) in [6.45, 7) is 7.52. The molecule has 3 aromatic rings. The van der Waals surface area contributed by atoms with Crippen LogP contribution in [0.2, 0.25) is 0 Å². The average Bonchev–Trinajstić information content (AvgIpc) is 3.17. The van der Waals surface area contributed by atoms with E-state index in [1.54, 1.807) is 25.1 Å². The number of carbonyl (C=O) groups is 2. The van der Waals surface area contributed by atoms with E-state index in [0.717, 1.165) is 22.3 Å². The Morgan fingerprint density at radius 2 is 1.75 bits per heavy atom. The first kappa shape index (κ1) is 24.7. The molecular formula is C28H28N5O3. The van der Waals surface area contributed by atoms with Crippen molar-refractivity contribution in [2.75, 3.05) is 17.5 Å². The van der Waals surface area contributed by atoms with Gasteiger partial charge in [-0.3, -0.25) is 20.3 Å². The van der Waals surface area contributed by atoms with E-state index in [9.17, 15) is 14.7 Å². The Morgan fingerprint density at radius 1 is 1.03 bits per heavy atom. The molecule has 8 nitrogen and oxygen atoms in total. The van der Waals surface area contributed by atoms with Gasteiger partial charge in [0.05, 0.1) is 23.0 Å². The zero-order valence-corrected chi connectivity index (χ0v) is 20.9. The quantitative estimate of drug-likeness (QED) is 0.391. The van der Waals surface area contributed by atoms with Crippen LogP contribution in [0.5, 0.6) is 5.75 Å². The summed E-state index contributed by atoms with van der Waals surface area (Å²) in [6.07, 6.45) is 0. The minimum atomic E-state index is -0.350. The topological polar surface area (TPSA) is 108 Å². The third-order valence-corrected chi connectivity index (χ3v) is 6.36. The number of hydrazone groups is 2. The van der Waals surface area contributed by atoms with Gasteiger partial charge in [0.15, 0.2) is 5.71 Å². The van der Waals surface area contributed by atoms with E-state index in [2.05, 4.69) is 20.9 Å². The van der Waals surface area contributed by atoms with E-state index < -0.39 is 0 Å². The Balaban J connectivity index is 1.55. The lowest BCUT2D eigenvalue weighted by molar-refractivity contribution is -0.122. The molecule has 36 heavy (non-hydrogen) atoms. The number of benzene rings is 3. The molecule has 0 aliphatic carbocycles. The van der Waals surface area contributed by atoms with Crippen LogP contribution in [0.3, 0.4) is 0 Å². The van der Waals surface area contributed by atoms with Crippen LogP contribution < -0.4 is 15.8 Å². The number of amides is 2. The van der Waals surface area contributed by atoms with Crippen molar-refractivity contribution in [3.8, 4) is 16.9 Å². The lowest BCUT2D eigenvalue weighted by atomic mass is 9.96. The normalized spacial score (nSPS) is 15.1. The van der Waals surface area contributed by atoms with Crippen molar-refractivity contribution < 1.29 is 14.7 Å². The third-order valence-electron chi connectivity index (χ3n) is 6.36. The highest BCUT2D eigenvalue weighted by Gasteiger charge is 2.31. The minimum absolute atomic E-state index is 0.00617. The van der Waals surface area contributed by atoms with Crippen molar-refractivity contribution in [1.82, 2.24) is 5.32 Å². The molecule has 0 fully saturated rings. The summed E-state index contributed by atoms with van der Waals surface area (Å²) in [6, 6.07) is 18.3. The Morgan fingerprint density at radius 3 is 2.42 bits per heavy atom. The molecule has 8 heteroatoms. The highest BCUT2D eigenvalue weighted by Crippen LogP contribution is 2.36. The van der Waals surface area contributed by atoms with Gasteiger partial charge in [-0.15, -0.1) is 0 Å². The Bertz CT molecular complexity index is 1390. The molecule has 1 aliphatic heterocycles. The number of likely N-dealkylation sites (N-methyl/N-ethyl adjacent to an activating group) is 1. The molecule has 1 aliphatic rings. The number of aromatic hydroxyl groups is 1. The highest BCUT2D eigenvalue weighted by atomic mass is 16.3. The molecule has 0 spiro atoms. The molecule has 0 aromatic heterocycles. The zero-order valence-electron chi connectivity index (χ0n) is 20.9. The van der Waals surface area contributed by atoms with Gasteiger partial charge in [-0.05, 0) is 68.1 Å². The smallest absolute Gasteiger partial charge is 0.301 e. The number of rotatable bonds is 6. The molecule has 1 heterocycles. The molecule has 3 aromatic carbocycles. The zero-order chi connectivity index (χ0) is 26.0. The van der Waals surface area contributed by atoms with Crippen molar-refractivity contribution in [2.24, 2.45) is 10.2 Å². The van der Waals surface area contributed by atoms with Gasteiger partial charge in [0, 0.05) is 12.6 Å². The van der Waals surface area contributed by atoms with Crippen LogP contribution in [0.1, 0.15) is 36.5 Å². The van der Waals surface area contributed by atoms with Gasteiger partial charge in [-0.25, -0.2) is 0 Å². The maximum Gasteiger partial charge on any atom is 0.301 e. The fraction of sp³-hybridized carbons (Fsp3) is 0.214. The summed E-state index contributed by atoms with van der Waals surface area (Å²) >= 11 is 0. The number of phenolic OH excluding ortho intramolecular Hbond substituents is 1. The van der Waals surface area contributed by atoms with Gasteiger partial charge in [0.25, 0.3) is 0 Å². The third kappa shape index (κ3) is 4.70. The number of aryl methyl sites for hydroxylation is 2. The van der Waals surface area contributed by atoms with Gasteiger partial charge in [-0.2, -0.15) is 15.2 Å². The predicted molar refractivity (Wildman–Crippen MR) is 143 cm³/mol. The summed E-state index contributed by atoms with van der Waals surface area (Å²) in [5, 5.41) is 24.6. The van der Waals surface area contributed by atoms with Crippen LogP contribution in [-0.4, -0.2) is 35.4 Å². The molecule has 183 valence electrons. The van der Waals surface area contributed by atoms with Crippen molar-refractivity contribution in [3.63, 3.8) is 0 Å². The minimum Gasteiger partial charge on any atom is -0.505 e. The fourth-order valence-corrected chi connectivity index (χ4v) is 3.93. The van der Waals surface area contributed by atoms with E-state index in [4.69, 9.17) is 0 Å². The number of nitrogens with zero attached hydrogens (tertiary/aromatic N) is 4. The molecule has 2 amide bonds. The van der Waals surface area contributed by atoms with Gasteiger partial charge in [0.2, 0.25) is 5.91 Å². The second-order valence-corrected chi connectivity index (χ2v) is 8.75. The molecule has 0 bridgehead atoms. The van der Waals surface area contributed by atoms with E-state index in [0.29, 0.717) is 22.6 Å². The van der Waals surface area contributed by atoms with Crippen LogP contribution in [0.25, 0.3) is 11.1 Å². The maximum absolute atomic E-state index is 13.0. The first-order valence-electron chi connectivity index (χ1n) is 11.6. The molecule has 2 N–H and O–H groups in total. The monoisotopic (exact) mass is 482 g/mol. The maximum atomic E-state index is 13.0. The van der Waals surface area contributed by atoms with Gasteiger partial charge in [-0.1, -0.05) is 42.5 Å². The van der Waals surface area contributed by atoms with Crippen LogP contribution in [0.4, 0.5) is 11.4 Å². The predicted octanol–water partition coefficient (Wildman–Crippen LogP) is 4.73. The number of hydrogen-bond acceptors (Lipinski definition) is 6. The Labute approximate surface area is 210 Å². The number of nitrogens with one attached hydrogen (secondary N) is 1. The molecule has 4 rings (SSSR count). The first-order valence-corrected chi connectivity index (χ1v) is 11.6. The van der Waals surface area contributed by atoms with E-state index in [-0.39, 0.29) is 29.2 Å². The lowest BCUT2D eigenvalue weighted by Gasteiger charge is -2.13. The summed E-state index contributed by atoms with van der Waals surface area (Å²) < 4.78 is 0. The molecule has 0 saturated heterocycles. The van der Waals surface area contributed by atoms with Crippen molar-refractivity contribution >= 4 is 34.6 Å². The van der Waals surface area contributed by atoms with Gasteiger partial charge < -0.3 is 5.11 Å². The van der Waals surface area contributed by atoms with Crippen molar-refractivity contribution in [2.45, 2.75) is 33.6 Å². The fourth-order valence-electron chi connectivity index (χ4n) is 3.93. The first-order chi connectivity index (χ1) is 17.2. The second-order valence-electron chi connectivity index (χ2n) is 8.75. The summed E-state index contributed by atoms with van der Waals surface area (Å²) in [4.78, 5) is 24.9. The number of para-hydroxylation sites is 1. The second kappa shape index (κ2) is 10.0. The number of phenols is 1. The molecule has 1 atom stereocenters. The van der Waals surface area contributed by atoms with Crippen LogP contribution >= 0.6 is 0 Å². The van der Waals surface area contributed by atoms with E-state index in [1.165, 1.54) is 12.1 Å². The lowest BCUT2D eigenvalue weighted by Crippen LogP contribution is -2.28. The Hall–Kier alpha value is -4.46. The van der Waals surface area contributed by atoms with E-state index in [1.807, 2.05) is 63.2 Å². The number of anilines is 2. The standard InChI is InChI=1S/C28H28N5O3/c1-16-9-14-22(15-17(16)2)33-28(36)25(19(4)32-33)31-30-24-8-6-7-23(26(24)34)21-12-10-20(11-13-21)18(3)27(35)29-5/h6-15,18,30,34H,1-5H3. The molecule has 0 saturated carbocycles. The summed E-state index contributed by atoms with van der Waals surface area (Å²) in [7, 11) is 1.49. The summed E-state index contributed by atoms with van der Waals surface area (Å²) in [5.74, 6) is -0.878. The Kier molecular flexibility index (Phi) is 6.87. The van der Waals surface area contributed by atoms with Crippen molar-refractivity contribution in [1.29, 1.82) is 0 Å². The number of hydrogen-bond donors (Lipinski definition) is 2. The molecule has 1 radical (unpaired) electrons. The van der Waals surface area contributed by atoms with Crippen LogP contribution in [0.15, 0.2) is 70.9 Å². The SMILES string of the molecule is C[N]C(=O)C(C)c1ccc(-c2cccc(NN=C3C(=O)N(c4ccc(C)c(C)c4)N=C3C)c2O)cc1. The van der Waals surface area contributed by atoms with Gasteiger partial charge >= 0.3 is 5.91 Å². The highest BCUT2D eigenvalue weighted by molar-refractivity contribution is 6.71. The molecular weight excluding hydrogens is 454 g/mol. The van der Waals surface area contributed by atoms with E-state index >= 15 is 0 Å².